The topological polar surface area (TPSA) is 69.1 Å². The van der Waals surface area contributed by atoms with Crippen LogP contribution in [0.3, 0.4) is 0 Å². The molecule has 4 heteroatoms. The van der Waals surface area contributed by atoms with E-state index in [9.17, 15) is 4.79 Å². The maximum absolute atomic E-state index is 12.3. The zero-order valence-corrected chi connectivity index (χ0v) is 11.3. The first-order chi connectivity index (χ1) is 10.3. The molecule has 1 heterocycles. The second-order valence-corrected chi connectivity index (χ2v) is 4.70. The number of carbonyl (C=O) groups excluding carboxylic acids is 1. The van der Waals surface area contributed by atoms with E-state index in [0.717, 1.165) is 5.56 Å². The van der Waals surface area contributed by atoms with Crippen molar-refractivity contribution in [3.63, 3.8) is 0 Å². The second-order valence-electron chi connectivity index (χ2n) is 4.70. The lowest BCUT2D eigenvalue weighted by molar-refractivity contribution is 0.103. The first-order valence-corrected chi connectivity index (χ1v) is 6.62. The minimum Gasteiger partial charge on any atom is -0.359 e. The van der Waals surface area contributed by atoms with Crippen LogP contribution in [0.1, 0.15) is 33.4 Å². The fourth-order valence-corrected chi connectivity index (χ4v) is 2.10. The highest BCUT2D eigenvalue weighted by Crippen LogP contribution is 2.21. The van der Waals surface area contributed by atoms with Crippen LogP contribution in [0.25, 0.3) is 0 Å². The molecule has 0 saturated heterocycles. The fraction of sp³-hybridized carbons (Fsp3) is 0.0588. The number of rotatable bonds is 4. The minimum atomic E-state index is -0.434. The monoisotopic (exact) mass is 278 g/mol. The van der Waals surface area contributed by atoms with Gasteiger partial charge < -0.3 is 10.3 Å². The molecule has 0 aliphatic heterocycles. The summed E-state index contributed by atoms with van der Waals surface area (Å²) in [5.41, 5.74) is 7.87. The molecule has 4 nitrogen and oxygen atoms in total. The average molecular weight is 278 g/mol. The molecule has 0 saturated carbocycles. The van der Waals surface area contributed by atoms with E-state index in [1.54, 1.807) is 18.2 Å². The number of benzene rings is 2. The van der Waals surface area contributed by atoms with Crippen molar-refractivity contribution < 1.29 is 9.32 Å². The molecule has 0 amide bonds. The van der Waals surface area contributed by atoms with E-state index >= 15 is 0 Å². The SMILES string of the molecule is NC(c1ccccc1)c1cc(C(=O)c2ccccc2)no1. The number of ketones is 1. The Hall–Kier alpha value is -2.72. The maximum Gasteiger partial charge on any atom is 0.214 e. The highest BCUT2D eigenvalue weighted by molar-refractivity contribution is 6.07. The van der Waals surface area contributed by atoms with Crippen LogP contribution < -0.4 is 5.73 Å². The van der Waals surface area contributed by atoms with Crippen LogP contribution in [-0.4, -0.2) is 10.9 Å². The van der Waals surface area contributed by atoms with Crippen molar-refractivity contribution in [2.75, 3.05) is 0 Å². The average Bonchev–Trinajstić information content (AvgIpc) is 3.05. The third-order valence-corrected chi connectivity index (χ3v) is 3.26. The third kappa shape index (κ3) is 2.75. The van der Waals surface area contributed by atoms with E-state index in [1.165, 1.54) is 0 Å². The first kappa shape index (κ1) is 13.3. The first-order valence-electron chi connectivity index (χ1n) is 6.62. The van der Waals surface area contributed by atoms with E-state index in [-0.39, 0.29) is 11.5 Å². The lowest BCUT2D eigenvalue weighted by Gasteiger charge is -2.06. The van der Waals surface area contributed by atoms with Gasteiger partial charge in [-0.2, -0.15) is 0 Å². The van der Waals surface area contributed by atoms with Crippen LogP contribution in [0.15, 0.2) is 71.3 Å². The summed E-state index contributed by atoms with van der Waals surface area (Å²) >= 11 is 0. The lowest BCUT2D eigenvalue weighted by Crippen LogP contribution is -2.10. The molecule has 2 aromatic carbocycles. The Kier molecular flexibility index (Phi) is 3.62. The van der Waals surface area contributed by atoms with Gasteiger partial charge in [-0.25, -0.2) is 0 Å². The van der Waals surface area contributed by atoms with Crippen LogP contribution in [-0.2, 0) is 0 Å². The molecule has 2 N–H and O–H groups in total. The van der Waals surface area contributed by atoms with E-state index in [1.807, 2.05) is 48.5 Å². The number of nitrogens with two attached hydrogens (primary N) is 1. The summed E-state index contributed by atoms with van der Waals surface area (Å²) in [5.74, 6) is 0.298. The molecule has 21 heavy (non-hydrogen) atoms. The van der Waals surface area contributed by atoms with Crippen LogP contribution in [0.4, 0.5) is 0 Å². The Labute approximate surface area is 122 Å². The summed E-state index contributed by atoms with van der Waals surface area (Å²) in [6.07, 6.45) is 0. The van der Waals surface area contributed by atoms with Crippen molar-refractivity contribution in [3.8, 4) is 0 Å². The molecule has 0 aliphatic rings. The van der Waals surface area contributed by atoms with Crippen LogP contribution in [0.5, 0.6) is 0 Å². The van der Waals surface area contributed by atoms with Crippen LogP contribution >= 0.6 is 0 Å². The maximum atomic E-state index is 12.3. The molecule has 1 unspecified atom stereocenters. The smallest absolute Gasteiger partial charge is 0.214 e. The van der Waals surface area contributed by atoms with Crippen LogP contribution in [0, 0.1) is 0 Å². The molecule has 1 atom stereocenters. The standard InChI is InChI=1S/C17H14N2O2/c18-16(12-7-3-1-4-8-12)15-11-14(19-21-15)17(20)13-9-5-2-6-10-13/h1-11,16H,18H2. The van der Waals surface area contributed by atoms with Gasteiger partial charge in [-0.3, -0.25) is 4.79 Å². The van der Waals surface area contributed by atoms with Gasteiger partial charge in [-0.1, -0.05) is 65.8 Å². The Balaban J connectivity index is 1.85. The van der Waals surface area contributed by atoms with Crippen molar-refractivity contribution >= 4 is 5.78 Å². The molecule has 0 aliphatic carbocycles. The quantitative estimate of drug-likeness (QED) is 0.745. The van der Waals surface area contributed by atoms with Crippen LogP contribution in [0.2, 0.25) is 0 Å². The molecule has 0 radical (unpaired) electrons. The number of hydrogen-bond acceptors (Lipinski definition) is 4. The summed E-state index contributed by atoms with van der Waals surface area (Å²) < 4.78 is 5.23. The summed E-state index contributed by atoms with van der Waals surface area (Å²) in [5, 5.41) is 3.83. The van der Waals surface area contributed by atoms with E-state index in [0.29, 0.717) is 11.3 Å². The number of nitrogens with zero attached hydrogens (tertiary/aromatic N) is 1. The van der Waals surface area contributed by atoms with Gasteiger partial charge in [0.2, 0.25) is 5.78 Å². The number of aromatic nitrogens is 1. The summed E-state index contributed by atoms with van der Waals surface area (Å²) in [6, 6.07) is 19.7. The van der Waals surface area contributed by atoms with Gasteiger partial charge in [0, 0.05) is 11.6 Å². The zero-order chi connectivity index (χ0) is 14.7. The van der Waals surface area contributed by atoms with Crippen molar-refractivity contribution in [1.82, 2.24) is 5.16 Å². The van der Waals surface area contributed by atoms with E-state index < -0.39 is 6.04 Å². The van der Waals surface area contributed by atoms with Crippen molar-refractivity contribution in [2.24, 2.45) is 5.73 Å². The molecular weight excluding hydrogens is 264 g/mol. The van der Waals surface area contributed by atoms with E-state index in [4.69, 9.17) is 10.3 Å². The molecule has 0 bridgehead atoms. The fourth-order valence-electron chi connectivity index (χ4n) is 2.10. The summed E-state index contributed by atoms with van der Waals surface area (Å²) in [4.78, 5) is 12.3. The molecule has 104 valence electrons. The summed E-state index contributed by atoms with van der Waals surface area (Å²) in [6.45, 7) is 0. The molecular formula is C17H14N2O2. The Bertz CT molecular complexity index is 736. The van der Waals surface area contributed by atoms with Gasteiger partial charge in [0.05, 0.1) is 6.04 Å². The molecule has 0 fully saturated rings. The lowest BCUT2D eigenvalue weighted by atomic mass is 10.0. The van der Waals surface area contributed by atoms with Gasteiger partial charge in [0.25, 0.3) is 0 Å². The zero-order valence-electron chi connectivity index (χ0n) is 11.3. The van der Waals surface area contributed by atoms with Gasteiger partial charge in [0.1, 0.15) is 0 Å². The highest BCUT2D eigenvalue weighted by atomic mass is 16.5. The molecule has 0 spiro atoms. The van der Waals surface area contributed by atoms with Crippen molar-refractivity contribution in [3.05, 3.63) is 89.3 Å². The van der Waals surface area contributed by atoms with Crippen molar-refractivity contribution in [1.29, 1.82) is 0 Å². The van der Waals surface area contributed by atoms with Crippen molar-refractivity contribution in [2.45, 2.75) is 6.04 Å². The second kappa shape index (κ2) is 5.73. The number of carbonyl (C=O) groups is 1. The predicted octanol–water partition coefficient (Wildman–Crippen LogP) is 2.95. The molecule has 3 rings (SSSR count). The molecule has 3 aromatic rings. The normalized spacial score (nSPS) is 12.0. The van der Waals surface area contributed by atoms with Gasteiger partial charge >= 0.3 is 0 Å². The van der Waals surface area contributed by atoms with Gasteiger partial charge in [0.15, 0.2) is 11.5 Å². The molecule has 1 aromatic heterocycles. The highest BCUT2D eigenvalue weighted by Gasteiger charge is 2.19. The third-order valence-electron chi connectivity index (χ3n) is 3.26. The Morgan fingerprint density at radius 2 is 1.62 bits per heavy atom. The largest absolute Gasteiger partial charge is 0.359 e. The Morgan fingerprint density at radius 3 is 2.29 bits per heavy atom. The van der Waals surface area contributed by atoms with E-state index in [2.05, 4.69) is 5.16 Å². The summed E-state index contributed by atoms with van der Waals surface area (Å²) in [7, 11) is 0. The van der Waals surface area contributed by atoms with Gasteiger partial charge in [-0.05, 0) is 5.56 Å². The Morgan fingerprint density at radius 1 is 1.00 bits per heavy atom. The van der Waals surface area contributed by atoms with Gasteiger partial charge in [-0.15, -0.1) is 0 Å². The minimum absolute atomic E-state index is 0.175. The predicted molar refractivity (Wildman–Crippen MR) is 78.8 cm³/mol. The number of hydrogen-bond donors (Lipinski definition) is 1.